The molecule has 0 fully saturated rings. The summed E-state index contributed by atoms with van der Waals surface area (Å²) in [6.45, 7) is 4.26. The number of amides is 2. The normalized spacial score (nSPS) is 12.8. The van der Waals surface area contributed by atoms with Gasteiger partial charge < -0.3 is 10.1 Å². The van der Waals surface area contributed by atoms with E-state index >= 15 is 0 Å². The van der Waals surface area contributed by atoms with E-state index in [9.17, 15) is 9.59 Å². The Bertz CT molecular complexity index is 542. The van der Waals surface area contributed by atoms with Crippen molar-refractivity contribution >= 4 is 17.6 Å². The lowest BCUT2D eigenvalue weighted by Crippen LogP contribution is -2.33. The Balaban J connectivity index is 2.00. The van der Waals surface area contributed by atoms with Crippen LogP contribution in [0.2, 0.25) is 0 Å². The van der Waals surface area contributed by atoms with Gasteiger partial charge in [-0.3, -0.25) is 14.5 Å². The summed E-state index contributed by atoms with van der Waals surface area (Å²) in [5.41, 5.74) is 1.04. The smallest absolute Gasteiger partial charge is 0.243 e. The zero-order valence-electron chi connectivity index (χ0n) is 11.4. The highest BCUT2D eigenvalue weighted by Gasteiger charge is 2.26. The molecule has 0 aromatic carbocycles. The first kappa shape index (κ1) is 14.0. The van der Waals surface area contributed by atoms with E-state index < -0.39 is 0 Å². The second kappa shape index (κ2) is 6.18. The molecule has 1 N–H and O–H groups in total. The largest absolute Gasteiger partial charge is 0.481 e. The van der Waals surface area contributed by atoms with E-state index in [1.165, 1.54) is 6.08 Å². The second-order valence-corrected chi connectivity index (χ2v) is 4.38. The van der Waals surface area contributed by atoms with Crippen molar-refractivity contribution < 1.29 is 14.3 Å². The quantitative estimate of drug-likeness (QED) is 0.802. The Labute approximate surface area is 117 Å². The standard InChI is InChI=1S/C14H17N3O3/c1-3-11(18)15-8-6-13(19)17-9-7-10-4-5-12(20-2)16-14(10)17/h3-5H,1,6-9H2,2H3,(H,15,18). The number of nitrogens with zero attached hydrogens (tertiary/aromatic N) is 2. The van der Waals surface area contributed by atoms with Gasteiger partial charge in [0.05, 0.1) is 7.11 Å². The van der Waals surface area contributed by atoms with Crippen molar-refractivity contribution in [1.82, 2.24) is 10.3 Å². The SMILES string of the molecule is C=CC(=O)NCCC(=O)N1CCc2ccc(OC)nc21. The zero-order chi connectivity index (χ0) is 14.5. The average Bonchev–Trinajstić information content (AvgIpc) is 2.89. The van der Waals surface area contributed by atoms with E-state index in [1.54, 1.807) is 18.1 Å². The van der Waals surface area contributed by atoms with Gasteiger partial charge in [0.15, 0.2) is 0 Å². The topological polar surface area (TPSA) is 71.5 Å². The summed E-state index contributed by atoms with van der Waals surface area (Å²) in [6, 6.07) is 3.71. The molecule has 6 heteroatoms. The van der Waals surface area contributed by atoms with Crippen LogP contribution in [0.4, 0.5) is 5.82 Å². The number of aromatic nitrogens is 1. The number of methoxy groups -OCH3 is 1. The van der Waals surface area contributed by atoms with Crippen LogP contribution in [-0.4, -0.2) is 37.0 Å². The van der Waals surface area contributed by atoms with Crippen molar-refractivity contribution in [3.05, 3.63) is 30.4 Å². The first-order chi connectivity index (χ1) is 9.65. The van der Waals surface area contributed by atoms with E-state index in [-0.39, 0.29) is 18.2 Å². The molecule has 106 valence electrons. The molecule has 2 amide bonds. The fraction of sp³-hybridized carbons (Fsp3) is 0.357. The minimum Gasteiger partial charge on any atom is -0.481 e. The van der Waals surface area contributed by atoms with E-state index in [1.807, 2.05) is 6.07 Å². The van der Waals surface area contributed by atoms with Gasteiger partial charge in [0.2, 0.25) is 17.7 Å². The third-order valence-electron chi connectivity index (χ3n) is 3.12. The Morgan fingerprint density at radius 3 is 3.05 bits per heavy atom. The van der Waals surface area contributed by atoms with Gasteiger partial charge in [-0.2, -0.15) is 4.98 Å². The predicted molar refractivity (Wildman–Crippen MR) is 74.7 cm³/mol. The monoisotopic (exact) mass is 275 g/mol. The molecule has 0 spiro atoms. The Morgan fingerprint density at radius 1 is 1.55 bits per heavy atom. The predicted octanol–water partition coefficient (Wildman–Crippen LogP) is 0.672. The summed E-state index contributed by atoms with van der Waals surface area (Å²) in [6.07, 6.45) is 2.21. The summed E-state index contributed by atoms with van der Waals surface area (Å²) in [4.78, 5) is 29.1. The molecule has 0 saturated heterocycles. The highest BCUT2D eigenvalue weighted by molar-refractivity contribution is 5.95. The molecule has 0 atom stereocenters. The summed E-state index contributed by atoms with van der Waals surface area (Å²) < 4.78 is 5.08. The lowest BCUT2D eigenvalue weighted by Gasteiger charge is -2.16. The number of pyridine rings is 1. The Hall–Kier alpha value is -2.37. The van der Waals surface area contributed by atoms with E-state index in [4.69, 9.17) is 4.74 Å². The molecule has 6 nitrogen and oxygen atoms in total. The highest BCUT2D eigenvalue weighted by Crippen LogP contribution is 2.28. The van der Waals surface area contributed by atoms with Crippen molar-refractivity contribution in [1.29, 1.82) is 0 Å². The maximum atomic E-state index is 12.1. The first-order valence-corrected chi connectivity index (χ1v) is 6.40. The van der Waals surface area contributed by atoms with Crippen LogP contribution < -0.4 is 15.0 Å². The second-order valence-electron chi connectivity index (χ2n) is 4.38. The summed E-state index contributed by atoms with van der Waals surface area (Å²) in [5.74, 6) is 0.807. The molecule has 0 bridgehead atoms. The van der Waals surface area contributed by atoms with Crippen molar-refractivity contribution in [3.63, 3.8) is 0 Å². The van der Waals surface area contributed by atoms with Crippen molar-refractivity contribution in [2.75, 3.05) is 25.1 Å². The molecule has 2 heterocycles. The third-order valence-corrected chi connectivity index (χ3v) is 3.12. The van der Waals surface area contributed by atoms with Gasteiger partial charge in [-0.15, -0.1) is 0 Å². The van der Waals surface area contributed by atoms with Gasteiger partial charge in [-0.1, -0.05) is 6.58 Å². The van der Waals surface area contributed by atoms with Crippen LogP contribution in [0.15, 0.2) is 24.8 Å². The minimum absolute atomic E-state index is 0.0612. The van der Waals surface area contributed by atoms with Crippen molar-refractivity contribution in [3.8, 4) is 5.88 Å². The number of fused-ring (bicyclic) bond motifs is 1. The molecule has 1 aromatic heterocycles. The van der Waals surface area contributed by atoms with Crippen LogP contribution in [0.1, 0.15) is 12.0 Å². The molecule has 1 aliphatic heterocycles. The van der Waals surface area contributed by atoms with Crippen molar-refractivity contribution in [2.45, 2.75) is 12.8 Å². The van der Waals surface area contributed by atoms with Crippen LogP contribution in [0, 0.1) is 0 Å². The summed E-state index contributed by atoms with van der Waals surface area (Å²) in [5, 5.41) is 2.58. The lowest BCUT2D eigenvalue weighted by molar-refractivity contribution is -0.119. The van der Waals surface area contributed by atoms with Gasteiger partial charge >= 0.3 is 0 Å². The number of hydrogen-bond acceptors (Lipinski definition) is 4. The van der Waals surface area contributed by atoms with Crippen LogP contribution in [0.25, 0.3) is 0 Å². The van der Waals surface area contributed by atoms with Crippen LogP contribution in [0.5, 0.6) is 5.88 Å². The maximum absolute atomic E-state index is 12.1. The molecule has 20 heavy (non-hydrogen) atoms. The maximum Gasteiger partial charge on any atom is 0.243 e. The molecule has 0 aliphatic carbocycles. The molecule has 0 unspecified atom stereocenters. The van der Waals surface area contributed by atoms with Gasteiger partial charge in [0, 0.05) is 25.6 Å². The molecule has 0 radical (unpaired) electrons. The van der Waals surface area contributed by atoms with E-state index in [2.05, 4.69) is 16.9 Å². The van der Waals surface area contributed by atoms with Gasteiger partial charge in [0.25, 0.3) is 0 Å². The fourth-order valence-corrected chi connectivity index (χ4v) is 2.08. The highest BCUT2D eigenvalue weighted by atomic mass is 16.5. The number of ether oxygens (including phenoxy) is 1. The van der Waals surface area contributed by atoms with Gasteiger partial charge in [-0.05, 0) is 24.1 Å². The number of rotatable bonds is 5. The number of nitrogens with one attached hydrogen (secondary N) is 1. The average molecular weight is 275 g/mol. The third kappa shape index (κ3) is 2.96. The van der Waals surface area contributed by atoms with Crippen LogP contribution >= 0.6 is 0 Å². The zero-order valence-corrected chi connectivity index (χ0v) is 11.4. The Morgan fingerprint density at radius 2 is 2.35 bits per heavy atom. The molecular formula is C14H17N3O3. The van der Waals surface area contributed by atoms with Crippen molar-refractivity contribution in [2.24, 2.45) is 0 Å². The first-order valence-electron chi connectivity index (χ1n) is 6.40. The molecule has 0 saturated carbocycles. The van der Waals surface area contributed by atoms with Crippen LogP contribution in [0.3, 0.4) is 0 Å². The molecule has 1 aromatic rings. The van der Waals surface area contributed by atoms with Crippen LogP contribution in [-0.2, 0) is 16.0 Å². The number of hydrogen-bond donors (Lipinski definition) is 1. The Kier molecular flexibility index (Phi) is 4.34. The molecule has 2 rings (SSSR count). The molecule has 1 aliphatic rings. The lowest BCUT2D eigenvalue weighted by atomic mass is 10.2. The van der Waals surface area contributed by atoms with Gasteiger partial charge in [0.1, 0.15) is 5.82 Å². The number of anilines is 1. The molecular weight excluding hydrogens is 258 g/mol. The number of carbonyl (C=O) groups excluding carboxylic acids is 2. The minimum atomic E-state index is -0.278. The van der Waals surface area contributed by atoms with E-state index in [0.717, 1.165) is 12.0 Å². The summed E-state index contributed by atoms with van der Waals surface area (Å²) >= 11 is 0. The fourth-order valence-electron chi connectivity index (χ4n) is 2.08. The van der Waals surface area contributed by atoms with Gasteiger partial charge in [-0.25, -0.2) is 0 Å². The van der Waals surface area contributed by atoms with E-state index in [0.29, 0.717) is 24.8 Å². The summed E-state index contributed by atoms with van der Waals surface area (Å²) in [7, 11) is 1.54. The number of carbonyl (C=O) groups is 2.